The number of halogens is 1. The number of rotatable bonds is 2. The fraction of sp³-hybridized carbons (Fsp3) is 0.364. The summed E-state index contributed by atoms with van der Waals surface area (Å²) in [7, 11) is 2.01. The predicted octanol–water partition coefficient (Wildman–Crippen LogP) is 5.06. The molecule has 0 amide bonds. The van der Waals surface area contributed by atoms with Gasteiger partial charge in [-0.05, 0) is 85.0 Å². The molecule has 1 aliphatic rings. The molecule has 0 N–H and O–H groups in total. The van der Waals surface area contributed by atoms with E-state index in [1.54, 1.807) is 0 Å². The highest BCUT2D eigenvalue weighted by Crippen LogP contribution is 2.38. The van der Waals surface area contributed by atoms with Crippen LogP contribution < -0.4 is 4.57 Å². The summed E-state index contributed by atoms with van der Waals surface area (Å²) >= 11 is 0. The summed E-state index contributed by atoms with van der Waals surface area (Å²) < 4.78 is 16.3. The zero-order chi connectivity index (χ0) is 17.7. The molecule has 2 aromatic carbocycles. The molecule has 0 spiro atoms. The first kappa shape index (κ1) is 16.2. The normalized spacial score (nSPS) is 14.8. The molecule has 1 heterocycles. The molecule has 0 unspecified atom stereocenters. The highest BCUT2D eigenvalue weighted by Gasteiger charge is 2.23. The lowest BCUT2D eigenvalue weighted by molar-refractivity contribution is -0.662. The smallest absolute Gasteiger partial charge is 0.232 e. The molecule has 2 nitrogen and oxygen atoms in total. The average molecular weight is 335 g/mol. The Morgan fingerprint density at radius 3 is 2.52 bits per heavy atom. The van der Waals surface area contributed by atoms with E-state index in [1.165, 1.54) is 24.8 Å². The second-order valence-corrected chi connectivity index (χ2v) is 7.41. The Hall–Kier alpha value is -2.29. The van der Waals surface area contributed by atoms with Crippen molar-refractivity contribution >= 4 is 10.9 Å². The fourth-order valence-corrected chi connectivity index (χ4v) is 3.88. The van der Waals surface area contributed by atoms with Gasteiger partial charge >= 0.3 is 0 Å². The molecule has 0 aliphatic heterocycles. The topological polar surface area (TPSA) is 16.8 Å². The molecular formula is C22H24FN2+. The maximum atomic E-state index is 14.3. The van der Waals surface area contributed by atoms with Crippen LogP contribution in [-0.4, -0.2) is 4.98 Å². The predicted molar refractivity (Wildman–Crippen MR) is 99.1 cm³/mol. The van der Waals surface area contributed by atoms with Gasteiger partial charge < -0.3 is 0 Å². The number of benzene rings is 2. The summed E-state index contributed by atoms with van der Waals surface area (Å²) in [6.07, 6.45) is 5.77. The monoisotopic (exact) mass is 335 g/mol. The summed E-state index contributed by atoms with van der Waals surface area (Å²) in [6, 6.07) is 8.64. The highest BCUT2D eigenvalue weighted by atomic mass is 19.1. The molecule has 128 valence electrons. The molecule has 0 saturated heterocycles. The molecule has 3 aromatic rings. The molecular weight excluding hydrogens is 311 g/mol. The van der Waals surface area contributed by atoms with Crippen molar-refractivity contribution in [3.8, 4) is 11.3 Å². The van der Waals surface area contributed by atoms with E-state index >= 15 is 0 Å². The van der Waals surface area contributed by atoms with E-state index in [0.29, 0.717) is 11.5 Å². The van der Waals surface area contributed by atoms with E-state index in [1.807, 2.05) is 44.8 Å². The third-order valence-corrected chi connectivity index (χ3v) is 5.83. The van der Waals surface area contributed by atoms with Crippen LogP contribution in [0.25, 0.3) is 22.2 Å². The van der Waals surface area contributed by atoms with Gasteiger partial charge in [-0.1, -0.05) is 12.5 Å². The lowest BCUT2D eigenvalue weighted by atomic mass is 9.80. The molecule has 1 aliphatic carbocycles. The van der Waals surface area contributed by atoms with Gasteiger partial charge in [0.1, 0.15) is 11.5 Å². The van der Waals surface area contributed by atoms with Crippen LogP contribution in [0.2, 0.25) is 0 Å². The molecule has 0 atom stereocenters. The number of nitrogens with zero attached hydrogens (tertiary/aromatic N) is 2. The SMILES string of the molecule is Cc1cc(-c2c3ccc(C4CCC4)cc3nc[n+]2C)c(C)c(C)c1F. The Morgan fingerprint density at radius 1 is 1.08 bits per heavy atom. The van der Waals surface area contributed by atoms with Gasteiger partial charge in [0.15, 0.2) is 5.52 Å². The van der Waals surface area contributed by atoms with E-state index in [4.69, 9.17) is 0 Å². The third-order valence-electron chi connectivity index (χ3n) is 5.83. The summed E-state index contributed by atoms with van der Waals surface area (Å²) in [5.41, 5.74) is 7.02. The van der Waals surface area contributed by atoms with Crippen LogP contribution in [-0.2, 0) is 7.05 Å². The van der Waals surface area contributed by atoms with Crippen LogP contribution in [0.15, 0.2) is 30.6 Å². The van der Waals surface area contributed by atoms with Crippen molar-refractivity contribution in [2.75, 3.05) is 0 Å². The van der Waals surface area contributed by atoms with Crippen molar-refractivity contribution in [3.63, 3.8) is 0 Å². The molecule has 1 aromatic heterocycles. The van der Waals surface area contributed by atoms with Crippen LogP contribution >= 0.6 is 0 Å². The Labute approximate surface area is 148 Å². The number of hydrogen-bond donors (Lipinski definition) is 0. The van der Waals surface area contributed by atoms with Crippen LogP contribution in [0.5, 0.6) is 0 Å². The maximum Gasteiger partial charge on any atom is 0.287 e. The molecule has 1 saturated carbocycles. The number of aryl methyl sites for hydroxylation is 2. The minimum atomic E-state index is -0.102. The second kappa shape index (κ2) is 5.91. The van der Waals surface area contributed by atoms with Crippen LogP contribution in [0, 0.1) is 26.6 Å². The zero-order valence-electron chi connectivity index (χ0n) is 15.4. The first-order valence-corrected chi connectivity index (χ1v) is 9.02. The fourth-order valence-electron chi connectivity index (χ4n) is 3.88. The van der Waals surface area contributed by atoms with Crippen molar-refractivity contribution in [1.82, 2.24) is 4.98 Å². The number of aromatic nitrogens is 2. The van der Waals surface area contributed by atoms with Crippen molar-refractivity contribution < 1.29 is 8.96 Å². The molecule has 3 heteroatoms. The Kier molecular flexibility index (Phi) is 3.82. The van der Waals surface area contributed by atoms with Gasteiger partial charge in [-0.15, -0.1) is 0 Å². The van der Waals surface area contributed by atoms with Gasteiger partial charge in [0.25, 0.3) is 6.33 Å². The van der Waals surface area contributed by atoms with Gasteiger partial charge in [0.2, 0.25) is 0 Å². The third kappa shape index (κ3) is 2.53. The van der Waals surface area contributed by atoms with Crippen molar-refractivity contribution in [2.45, 2.75) is 46.0 Å². The Morgan fingerprint density at radius 2 is 1.84 bits per heavy atom. The molecule has 0 radical (unpaired) electrons. The quantitative estimate of drug-likeness (QED) is 0.598. The molecule has 0 bridgehead atoms. The Bertz CT molecular complexity index is 987. The lowest BCUT2D eigenvalue weighted by Gasteiger charge is -2.25. The van der Waals surface area contributed by atoms with Crippen LogP contribution in [0.4, 0.5) is 4.39 Å². The summed E-state index contributed by atoms with van der Waals surface area (Å²) in [4.78, 5) is 4.65. The molecule has 4 rings (SSSR count). The molecule has 25 heavy (non-hydrogen) atoms. The summed E-state index contributed by atoms with van der Waals surface area (Å²) in [6.45, 7) is 5.70. The first-order valence-electron chi connectivity index (χ1n) is 9.02. The zero-order valence-corrected chi connectivity index (χ0v) is 15.4. The number of fused-ring (bicyclic) bond motifs is 1. The second-order valence-electron chi connectivity index (χ2n) is 7.41. The van der Waals surface area contributed by atoms with Gasteiger partial charge in [0.05, 0.1) is 12.4 Å². The largest absolute Gasteiger partial charge is 0.287 e. The minimum Gasteiger partial charge on any atom is -0.232 e. The van der Waals surface area contributed by atoms with Crippen LogP contribution in [0.1, 0.15) is 47.4 Å². The van der Waals surface area contributed by atoms with E-state index in [-0.39, 0.29) is 5.82 Å². The number of hydrogen-bond acceptors (Lipinski definition) is 1. The summed E-state index contributed by atoms with van der Waals surface area (Å²) in [5.74, 6) is 0.593. The summed E-state index contributed by atoms with van der Waals surface area (Å²) in [5, 5.41) is 1.13. The van der Waals surface area contributed by atoms with E-state index in [0.717, 1.165) is 33.3 Å². The van der Waals surface area contributed by atoms with Crippen molar-refractivity contribution in [1.29, 1.82) is 0 Å². The van der Waals surface area contributed by atoms with Crippen molar-refractivity contribution in [2.24, 2.45) is 7.05 Å². The molecule has 1 fully saturated rings. The van der Waals surface area contributed by atoms with Gasteiger partial charge in [-0.3, -0.25) is 0 Å². The van der Waals surface area contributed by atoms with Gasteiger partial charge in [-0.2, -0.15) is 0 Å². The van der Waals surface area contributed by atoms with E-state index in [2.05, 4.69) is 23.2 Å². The first-order chi connectivity index (χ1) is 12.0. The minimum absolute atomic E-state index is 0.102. The van der Waals surface area contributed by atoms with Crippen molar-refractivity contribution in [3.05, 3.63) is 58.7 Å². The highest BCUT2D eigenvalue weighted by molar-refractivity contribution is 5.92. The van der Waals surface area contributed by atoms with Gasteiger partial charge in [-0.25, -0.2) is 8.96 Å². The standard InChI is InChI=1S/C22H24FN2/c1-13-10-19(14(2)15(3)21(13)23)22-18-9-8-17(16-6-5-7-16)11-20(18)24-12-25(22)4/h8-12,16H,5-7H2,1-4H3/q+1. The Balaban J connectivity index is 1.97. The van der Waals surface area contributed by atoms with Crippen LogP contribution in [0.3, 0.4) is 0 Å². The average Bonchev–Trinajstić information content (AvgIpc) is 2.55. The van der Waals surface area contributed by atoms with E-state index in [9.17, 15) is 4.39 Å². The lowest BCUT2D eigenvalue weighted by Crippen LogP contribution is -2.32. The van der Waals surface area contributed by atoms with Gasteiger partial charge in [0, 0.05) is 5.56 Å². The maximum absolute atomic E-state index is 14.3. The van der Waals surface area contributed by atoms with E-state index < -0.39 is 0 Å².